The summed E-state index contributed by atoms with van der Waals surface area (Å²) in [6.45, 7) is 8.63. The smallest absolute Gasteiger partial charge is 0.228 e. The Balaban J connectivity index is 2.40. The third-order valence-corrected chi connectivity index (χ3v) is 2.74. The van der Waals surface area contributed by atoms with E-state index in [1.54, 1.807) is 0 Å². The summed E-state index contributed by atoms with van der Waals surface area (Å²) in [5.41, 5.74) is 0. The average Bonchev–Trinajstić information content (AvgIpc) is 2.78. The first-order valence-electron chi connectivity index (χ1n) is 6.92. The van der Waals surface area contributed by atoms with Crippen molar-refractivity contribution < 1.29 is 9.26 Å². The first-order valence-corrected chi connectivity index (χ1v) is 6.92. The van der Waals surface area contributed by atoms with Crippen LogP contribution in [0, 0.1) is 0 Å². The average molecular weight is 255 g/mol. The normalized spacial score (nSPS) is 12.8. The van der Waals surface area contributed by atoms with E-state index in [-0.39, 0.29) is 0 Å². The Morgan fingerprint density at radius 1 is 1.33 bits per heavy atom. The van der Waals surface area contributed by atoms with Crippen molar-refractivity contribution in [1.82, 2.24) is 15.5 Å². The van der Waals surface area contributed by atoms with Gasteiger partial charge in [0.25, 0.3) is 0 Å². The van der Waals surface area contributed by atoms with E-state index in [0.29, 0.717) is 12.6 Å². The summed E-state index contributed by atoms with van der Waals surface area (Å²) in [6, 6.07) is 0.431. The van der Waals surface area contributed by atoms with Gasteiger partial charge in [0.2, 0.25) is 5.89 Å². The number of nitrogens with zero attached hydrogens (tertiary/aromatic N) is 2. The standard InChI is InChI=1S/C13H25N3O2/c1-4-7-11(14-5-2)10-13-15-12(16-18-13)8-9-17-6-3/h11,14H,4-10H2,1-3H3. The molecule has 0 amide bonds. The molecular formula is C13H25N3O2. The van der Waals surface area contributed by atoms with Crippen LogP contribution in [-0.2, 0) is 17.6 Å². The fraction of sp³-hybridized carbons (Fsp3) is 0.846. The van der Waals surface area contributed by atoms with Gasteiger partial charge in [0.05, 0.1) is 6.61 Å². The number of hydrogen-bond donors (Lipinski definition) is 1. The van der Waals surface area contributed by atoms with Gasteiger partial charge in [-0.2, -0.15) is 4.98 Å². The molecular weight excluding hydrogens is 230 g/mol. The van der Waals surface area contributed by atoms with Gasteiger partial charge in [-0.3, -0.25) is 0 Å². The van der Waals surface area contributed by atoms with Gasteiger partial charge in [0.15, 0.2) is 5.82 Å². The monoisotopic (exact) mass is 255 g/mol. The lowest BCUT2D eigenvalue weighted by atomic mass is 10.1. The van der Waals surface area contributed by atoms with Crippen LogP contribution in [0.25, 0.3) is 0 Å². The zero-order valence-corrected chi connectivity index (χ0v) is 11.7. The molecule has 104 valence electrons. The van der Waals surface area contributed by atoms with Crippen molar-refractivity contribution in [2.75, 3.05) is 19.8 Å². The Bertz CT molecular complexity index is 309. The van der Waals surface area contributed by atoms with Gasteiger partial charge < -0.3 is 14.6 Å². The number of likely N-dealkylation sites (N-methyl/N-ethyl adjacent to an activating group) is 1. The van der Waals surface area contributed by atoms with Crippen LogP contribution in [0.4, 0.5) is 0 Å². The van der Waals surface area contributed by atoms with Crippen LogP contribution in [0.15, 0.2) is 4.52 Å². The third-order valence-electron chi connectivity index (χ3n) is 2.74. The van der Waals surface area contributed by atoms with Crippen LogP contribution >= 0.6 is 0 Å². The van der Waals surface area contributed by atoms with E-state index in [0.717, 1.165) is 50.6 Å². The van der Waals surface area contributed by atoms with E-state index < -0.39 is 0 Å². The molecule has 1 aromatic heterocycles. The number of aromatic nitrogens is 2. The molecule has 1 N–H and O–H groups in total. The number of hydrogen-bond acceptors (Lipinski definition) is 5. The minimum absolute atomic E-state index is 0.431. The minimum atomic E-state index is 0.431. The Morgan fingerprint density at radius 2 is 2.17 bits per heavy atom. The Morgan fingerprint density at radius 3 is 2.83 bits per heavy atom. The van der Waals surface area contributed by atoms with Gasteiger partial charge in [-0.1, -0.05) is 25.4 Å². The molecule has 0 aromatic carbocycles. The van der Waals surface area contributed by atoms with Crippen LogP contribution in [-0.4, -0.2) is 35.9 Å². The Kier molecular flexibility index (Phi) is 7.60. The third kappa shape index (κ3) is 5.60. The van der Waals surface area contributed by atoms with E-state index in [1.807, 2.05) is 6.92 Å². The summed E-state index contributed by atoms with van der Waals surface area (Å²) in [5, 5.41) is 7.41. The predicted molar refractivity (Wildman–Crippen MR) is 70.6 cm³/mol. The Labute approximate surface area is 109 Å². The maximum absolute atomic E-state index is 5.27. The first kappa shape index (κ1) is 15.1. The molecule has 0 aliphatic carbocycles. The maximum Gasteiger partial charge on any atom is 0.228 e. The second-order valence-electron chi connectivity index (χ2n) is 4.30. The summed E-state index contributed by atoms with van der Waals surface area (Å²) in [6.07, 6.45) is 3.81. The maximum atomic E-state index is 5.27. The summed E-state index contributed by atoms with van der Waals surface area (Å²) < 4.78 is 10.5. The van der Waals surface area contributed by atoms with Crippen molar-refractivity contribution in [3.8, 4) is 0 Å². The molecule has 1 atom stereocenters. The lowest BCUT2D eigenvalue weighted by Crippen LogP contribution is -2.30. The predicted octanol–water partition coefficient (Wildman–Crippen LogP) is 1.97. The Hall–Kier alpha value is -0.940. The van der Waals surface area contributed by atoms with Crippen LogP contribution in [0.2, 0.25) is 0 Å². The topological polar surface area (TPSA) is 60.2 Å². The molecule has 0 aliphatic rings. The molecule has 0 fully saturated rings. The largest absolute Gasteiger partial charge is 0.381 e. The highest BCUT2D eigenvalue weighted by atomic mass is 16.5. The molecule has 0 radical (unpaired) electrons. The van der Waals surface area contributed by atoms with E-state index in [1.165, 1.54) is 0 Å². The van der Waals surface area contributed by atoms with Gasteiger partial charge in [-0.25, -0.2) is 0 Å². The molecule has 1 unspecified atom stereocenters. The van der Waals surface area contributed by atoms with Gasteiger partial charge >= 0.3 is 0 Å². The lowest BCUT2D eigenvalue weighted by Gasteiger charge is -2.14. The summed E-state index contributed by atoms with van der Waals surface area (Å²) in [5.74, 6) is 1.46. The molecule has 1 rings (SSSR count). The van der Waals surface area contributed by atoms with Crippen molar-refractivity contribution in [2.24, 2.45) is 0 Å². The van der Waals surface area contributed by atoms with Gasteiger partial charge in [0, 0.05) is 25.5 Å². The molecule has 0 saturated carbocycles. The van der Waals surface area contributed by atoms with Gasteiger partial charge in [-0.15, -0.1) is 0 Å². The number of nitrogens with one attached hydrogen (secondary N) is 1. The van der Waals surface area contributed by atoms with Crippen LogP contribution in [0.5, 0.6) is 0 Å². The van der Waals surface area contributed by atoms with Crippen molar-refractivity contribution in [1.29, 1.82) is 0 Å². The molecule has 0 saturated heterocycles. The van der Waals surface area contributed by atoms with Crippen molar-refractivity contribution in [3.05, 3.63) is 11.7 Å². The fourth-order valence-corrected chi connectivity index (χ4v) is 1.91. The summed E-state index contributed by atoms with van der Waals surface area (Å²) in [7, 11) is 0. The van der Waals surface area contributed by atoms with Crippen molar-refractivity contribution in [3.63, 3.8) is 0 Å². The second-order valence-corrected chi connectivity index (χ2v) is 4.30. The van der Waals surface area contributed by atoms with E-state index in [9.17, 15) is 0 Å². The molecule has 0 aliphatic heterocycles. The summed E-state index contributed by atoms with van der Waals surface area (Å²) >= 11 is 0. The van der Waals surface area contributed by atoms with Gasteiger partial charge in [0.1, 0.15) is 0 Å². The minimum Gasteiger partial charge on any atom is -0.381 e. The quantitative estimate of drug-likeness (QED) is 0.648. The highest BCUT2D eigenvalue weighted by molar-refractivity contribution is 4.89. The van der Waals surface area contributed by atoms with Gasteiger partial charge in [-0.05, 0) is 19.9 Å². The van der Waals surface area contributed by atoms with Crippen LogP contribution in [0.3, 0.4) is 0 Å². The summed E-state index contributed by atoms with van der Waals surface area (Å²) in [4.78, 5) is 4.39. The van der Waals surface area contributed by atoms with E-state index >= 15 is 0 Å². The highest BCUT2D eigenvalue weighted by Crippen LogP contribution is 2.06. The van der Waals surface area contributed by atoms with Crippen molar-refractivity contribution in [2.45, 2.75) is 52.5 Å². The molecule has 0 spiro atoms. The van der Waals surface area contributed by atoms with Crippen molar-refractivity contribution >= 4 is 0 Å². The number of ether oxygens (including phenoxy) is 1. The number of rotatable bonds is 10. The van der Waals surface area contributed by atoms with Crippen LogP contribution in [0.1, 0.15) is 45.3 Å². The fourth-order valence-electron chi connectivity index (χ4n) is 1.91. The molecule has 5 nitrogen and oxygen atoms in total. The van der Waals surface area contributed by atoms with E-state index in [2.05, 4.69) is 29.3 Å². The molecule has 5 heteroatoms. The molecule has 1 heterocycles. The zero-order valence-electron chi connectivity index (χ0n) is 11.7. The highest BCUT2D eigenvalue weighted by Gasteiger charge is 2.13. The van der Waals surface area contributed by atoms with Crippen LogP contribution < -0.4 is 5.32 Å². The zero-order chi connectivity index (χ0) is 13.2. The van der Waals surface area contributed by atoms with E-state index in [4.69, 9.17) is 9.26 Å². The lowest BCUT2D eigenvalue weighted by molar-refractivity contribution is 0.149. The SMILES string of the molecule is CCCC(Cc1nc(CCOCC)no1)NCC. The molecule has 18 heavy (non-hydrogen) atoms. The molecule has 1 aromatic rings. The second kappa shape index (κ2) is 9.05. The first-order chi connectivity index (χ1) is 8.80. The molecule has 0 bridgehead atoms.